The highest BCUT2D eigenvalue weighted by molar-refractivity contribution is 7.12. The molecule has 3 heterocycles. The van der Waals surface area contributed by atoms with Gasteiger partial charge in [0.25, 0.3) is 0 Å². The lowest BCUT2D eigenvalue weighted by Crippen LogP contribution is -2.40. The minimum atomic E-state index is -0.263. The van der Waals surface area contributed by atoms with E-state index in [0.29, 0.717) is 13.0 Å². The molecule has 0 spiro atoms. The Labute approximate surface area is 160 Å². The van der Waals surface area contributed by atoms with E-state index in [-0.39, 0.29) is 17.6 Å². The Hall–Kier alpha value is -2.74. The van der Waals surface area contributed by atoms with Gasteiger partial charge in [0, 0.05) is 13.0 Å². The number of benzene rings is 1. The monoisotopic (exact) mass is 383 g/mol. The van der Waals surface area contributed by atoms with Crippen LogP contribution in [0.15, 0.2) is 52.6 Å². The van der Waals surface area contributed by atoms with E-state index < -0.39 is 0 Å². The standard InChI is InChI=1S/C19H21N5O2S/c25-17(11-10-15-6-2-1-3-7-15)22-12-4-8-16(22)14-23-19(26)24(21-20-23)18-9-5-13-27-18/h1-3,5-7,9,13,16H,4,8,10-12,14H2/t16-/m1/s1. The Kier molecular flexibility index (Phi) is 5.15. The Balaban J connectivity index is 1.41. The average molecular weight is 383 g/mol. The molecule has 4 rings (SSSR count). The highest BCUT2D eigenvalue weighted by atomic mass is 32.1. The molecule has 1 aliphatic heterocycles. The van der Waals surface area contributed by atoms with Crippen LogP contribution >= 0.6 is 11.3 Å². The van der Waals surface area contributed by atoms with Gasteiger partial charge in [-0.15, -0.1) is 11.3 Å². The summed E-state index contributed by atoms with van der Waals surface area (Å²) in [5, 5.41) is 10.6. The molecule has 8 heteroatoms. The van der Waals surface area contributed by atoms with Crippen LogP contribution in [0.1, 0.15) is 24.8 Å². The number of hydrogen-bond acceptors (Lipinski definition) is 5. The molecule has 0 bridgehead atoms. The summed E-state index contributed by atoms with van der Waals surface area (Å²) in [5.41, 5.74) is 0.901. The number of amides is 1. The molecule has 1 fully saturated rings. The quantitative estimate of drug-likeness (QED) is 0.654. The second-order valence-corrected chi connectivity index (χ2v) is 7.60. The third kappa shape index (κ3) is 3.85. The Morgan fingerprint density at radius 1 is 1.15 bits per heavy atom. The first-order valence-electron chi connectivity index (χ1n) is 9.12. The fourth-order valence-corrected chi connectivity index (χ4v) is 4.18. The Bertz CT molecular complexity index is 948. The van der Waals surface area contributed by atoms with E-state index >= 15 is 0 Å². The highest BCUT2D eigenvalue weighted by Gasteiger charge is 2.29. The average Bonchev–Trinajstić information content (AvgIpc) is 3.43. The molecule has 140 valence electrons. The van der Waals surface area contributed by atoms with Crippen LogP contribution < -0.4 is 5.69 Å². The van der Waals surface area contributed by atoms with E-state index in [0.717, 1.165) is 36.4 Å². The fraction of sp³-hybridized carbons (Fsp3) is 0.368. The van der Waals surface area contributed by atoms with Crippen LogP contribution in [0.3, 0.4) is 0 Å². The molecule has 1 aliphatic rings. The smallest absolute Gasteiger partial charge is 0.338 e. The van der Waals surface area contributed by atoms with Crippen molar-refractivity contribution in [3.8, 4) is 5.00 Å². The molecule has 2 aromatic heterocycles. The summed E-state index contributed by atoms with van der Waals surface area (Å²) < 4.78 is 2.67. The van der Waals surface area contributed by atoms with Crippen LogP contribution in [0.25, 0.3) is 5.00 Å². The maximum Gasteiger partial charge on any atom is 0.369 e. The van der Waals surface area contributed by atoms with Gasteiger partial charge in [-0.05, 0) is 52.8 Å². The molecule has 0 aliphatic carbocycles. The highest BCUT2D eigenvalue weighted by Crippen LogP contribution is 2.20. The van der Waals surface area contributed by atoms with Crippen LogP contribution in [-0.2, 0) is 17.8 Å². The molecule has 0 radical (unpaired) electrons. The van der Waals surface area contributed by atoms with Crippen molar-refractivity contribution in [3.05, 3.63) is 63.9 Å². The SMILES string of the molecule is O=C(CCc1ccccc1)N1CCC[C@@H]1Cn1nnn(-c2cccs2)c1=O. The van der Waals surface area contributed by atoms with Gasteiger partial charge in [-0.1, -0.05) is 30.3 Å². The van der Waals surface area contributed by atoms with Crippen LogP contribution in [0.5, 0.6) is 0 Å². The number of aromatic nitrogens is 4. The molecule has 1 amide bonds. The van der Waals surface area contributed by atoms with Gasteiger partial charge >= 0.3 is 5.69 Å². The summed E-state index contributed by atoms with van der Waals surface area (Å²) in [6.07, 6.45) is 3.06. The van der Waals surface area contributed by atoms with Crippen molar-refractivity contribution >= 4 is 17.2 Å². The van der Waals surface area contributed by atoms with Gasteiger partial charge in [-0.3, -0.25) is 4.79 Å². The molecule has 27 heavy (non-hydrogen) atoms. The number of thiophene rings is 1. The van der Waals surface area contributed by atoms with Gasteiger partial charge in [0.05, 0.1) is 12.6 Å². The van der Waals surface area contributed by atoms with E-state index in [1.54, 1.807) is 0 Å². The van der Waals surface area contributed by atoms with Crippen LogP contribution in [0, 0.1) is 0 Å². The zero-order valence-corrected chi connectivity index (χ0v) is 15.7. The fourth-order valence-electron chi connectivity index (χ4n) is 3.51. The summed E-state index contributed by atoms with van der Waals surface area (Å²) >= 11 is 1.44. The van der Waals surface area contributed by atoms with Crippen molar-refractivity contribution in [3.63, 3.8) is 0 Å². The second kappa shape index (κ2) is 7.87. The summed E-state index contributed by atoms with van der Waals surface area (Å²) in [7, 11) is 0. The van der Waals surface area contributed by atoms with E-state index in [1.807, 2.05) is 52.7 Å². The molecule has 1 atom stereocenters. The van der Waals surface area contributed by atoms with Crippen molar-refractivity contribution in [1.29, 1.82) is 0 Å². The molecule has 0 unspecified atom stereocenters. The van der Waals surface area contributed by atoms with Crippen molar-refractivity contribution in [2.45, 2.75) is 38.3 Å². The lowest BCUT2D eigenvalue weighted by Gasteiger charge is -2.24. The largest absolute Gasteiger partial charge is 0.369 e. The van der Waals surface area contributed by atoms with Crippen LogP contribution in [-0.4, -0.2) is 43.2 Å². The normalized spacial score (nSPS) is 16.7. The number of carbonyl (C=O) groups excluding carboxylic acids is 1. The number of rotatable bonds is 6. The van der Waals surface area contributed by atoms with Gasteiger partial charge < -0.3 is 4.90 Å². The van der Waals surface area contributed by atoms with Gasteiger partial charge in [-0.25, -0.2) is 4.79 Å². The van der Waals surface area contributed by atoms with Crippen molar-refractivity contribution in [1.82, 2.24) is 24.7 Å². The van der Waals surface area contributed by atoms with Gasteiger partial charge in [-0.2, -0.15) is 9.36 Å². The Morgan fingerprint density at radius 2 is 2.00 bits per heavy atom. The summed E-state index contributed by atoms with van der Waals surface area (Å²) in [6.45, 7) is 1.13. The predicted molar refractivity (Wildman–Crippen MR) is 103 cm³/mol. The van der Waals surface area contributed by atoms with E-state index in [9.17, 15) is 9.59 Å². The summed E-state index contributed by atoms with van der Waals surface area (Å²) in [5.74, 6) is 0.139. The minimum absolute atomic E-state index is 0.000501. The molecule has 7 nitrogen and oxygen atoms in total. The number of carbonyl (C=O) groups is 1. The maximum atomic E-state index is 12.7. The zero-order valence-electron chi connectivity index (χ0n) is 14.9. The lowest BCUT2D eigenvalue weighted by molar-refractivity contribution is -0.132. The molecule has 1 aromatic carbocycles. The third-order valence-corrected chi connectivity index (χ3v) is 5.75. The van der Waals surface area contributed by atoms with Gasteiger partial charge in [0.15, 0.2) is 0 Å². The van der Waals surface area contributed by atoms with Crippen molar-refractivity contribution in [2.24, 2.45) is 0 Å². The minimum Gasteiger partial charge on any atom is -0.338 e. The molecular formula is C19H21N5O2S. The summed E-state index contributed by atoms with van der Waals surface area (Å²) in [4.78, 5) is 27.1. The topological polar surface area (TPSA) is 73.0 Å². The zero-order chi connectivity index (χ0) is 18.6. The molecule has 0 N–H and O–H groups in total. The molecular weight excluding hydrogens is 362 g/mol. The van der Waals surface area contributed by atoms with E-state index in [1.165, 1.54) is 20.7 Å². The van der Waals surface area contributed by atoms with Crippen molar-refractivity contribution < 1.29 is 4.79 Å². The van der Waals surface area contributed by atoms with E-state index in [2.05, 4.69) is 10.4 Å². The first kappa shape index (κ1) is 17.7. The van der Waals surface area contributed by atoms with Gasteiger partial charge in [0.2, 0.25) is 5.91 Å². The second-order valence-electron chi connectivity index (χ2n) is 6.68. The molecule has 1 saturated heterocycles. The number of aryl methyl sites for hydroxylation is 1. The first-order chi connectivity index (χ1) is 13.2. The van der Waals surface area contributed by atoms with Crippen LogP contribution in [0.2, 0.25) is 0 Å². The third-order valence-electron chi connectivity index (χ3n) is 4.91. The number of tetrazole rings is 1. The van der Waals surface area contributed by atoms with Crippen molar-refractivity contribution in [2.75, 3.05) is 6.54 Å². The number of hydrogen-bond donors (Lipinski definition) is 0. The maximum absolute atomic E-state index is 12.7. The number of nitrogens with zero attached hydrogens (tertiary/aromatic N) is 5. The van der Waals surface area contributed by atoms with Gasteiger partial charge in [0.1, 0.15) is 5.00 Å². The molecule has 0 saturated carbocycles. The van der Waals surface area contributed by atoms with Crippen LogP contribution in [0.4, 0.5) is 0 Å². The first-order valence-corrected chi connectivity index (χ1v) is 10.0. The predicted octanol–water partition coefficient (Wildman–Crippen LogP) is 2.11. The van der Waals surface area contributed by atoms with E-state index in [4.69, 9.17) is 0 Å². The lowest BCUT2D eigenvalue weighted by atomic mass is 10.1. The molecule has 3 aromatic rings. The number of likely N-dealkylation sites (tertiary alicyclic amines) is 1. The Morgan fingerprint density at radius 3 is 2.78 bits per heavy atom. The summed E-state index contributed by atoms with van der Waals surface area (Å²) in [6, 6.07) is 13.7.